The van der Waals surface area contributed by atoms with Crippen molar-refractivity contribution in [1.82, 2.24) is 9.88 Å². The highest BCUT2D eigenvalue weighted by atomic mass is 15.2. The number of pyridine rings is 1. The first kappa shape index (κ1) is 16.3. The number of rotatable bonds is 6. The smallest absolute Gasteiger partial charge is 0.130 e. The van der Waals surface area contributed by atoms with Crippen molar-refractivity contribution in [1.29, 1.82) is 0 Å². The van der Waals surface area contributed by atoms with Crippen molar-refractivity contribution >= 4 is 5.82 Å². The van der Waals surface area contributed by atoms with Gasteiger partial charge < -0.3 is 5.32 Å². The lowest BCUT2D eigenvalue weighted by molar-refractivity contribution is 0.132. The molecule has 3 heteroatoms. The highest BCUT2D eigenvalue weighted by molar-refractivity contribution is 5.46. The number of piperidine rings is 1. The molecule has 0 radical (unpaired) electrons. The molecule has 118 valence electrons. The van der Waals surface area contributed by atoms with Crippen LogP contribution in [0.3, 0.4) is 0 Å². The van der Waals surface area contributed by atoms with Crippen LogP contribution in [0.15, 0.2) is 18.3 Å². The van der Waals surface area contributed by atoms with Crippen molar-refractivity contribution < 1.29 is 0 Å². The minimum Gasteiger partial charge on any atom is -0.367 e. The first-order valence-electron chi connectivity index (χ1n) is 8.57. The molecule has 0 aliphatic carbocycles. The molecule has 3 nitrogen and oxygen atoms in total. The molecule has 21 heavy (non-hydrogen) atoms. The lowest BCUT2D eigenvalue weighted by atomic mass is 9.94. The molecule has 0 bridgehead atoms. The molecule has 1 saturated heterocycles. The van der Waals surface area contributed by atoms with Crippen LogP contribution in [0.1, 0.15) is 65.0 Å². The molecule has 0 saturated carbocycles. The van der Waals surface area contributed by atoms with E-state index in [0.29, 0.717) is 18.0 Å². The Morgan fingerprint density at radius 1 is 1.33 bits per heavy atom. The summed E-state index contributed by atoms with van der Waals surface area (Å²) in [5, 5.41) is 3.59. The number of likely N-dealkylation sites (tertiary alicyclic amines) is 1. The second-order valence-electron chi connectivity index (χ2n) is 6.80. The molecule has 1 aliphatic heterocycles. The van der Waals surface area contributed by atoms with Gasteiger partial charge in [-0.05, 0) is 44.7 Å². The van der Waals surface area contributed by atoms with Gasteiger partial charge in [0.15, 0.2) is 0 Å². The van der Waals surface area contributed by atoms with Crippen molar-refractivity contribution in [3.8, 4) is 0 Å². The molecule has 2 atom stereocenters. The molecule has 1 aliphatic rings. The standard InChI is InChI=1S/C18H31N3/c1-5-15(4)20-18-16(9-8-11-19-18)17-10-6-7-12-21(17)13-14(2)3/h8-9,11,14-15,17H,5-7,10,12-13H2,1-4H3,(H,19,20). The third-order valence-corrected chi connectivity index (χ3v) is 4.41. The number of aromatic nitrogens is 1. The van der Waals surface area contributed by atoms with Crippen LogP contribution in [0, 0.1) is 5.92 Å². The van der Waals surface area contributed by atoms with Crippen LogP contribution in [0.25, 0.3) is 0 Å². The zero-order valence-electron chi connectivity index (χ0n) is 14.1. The maximum atomic E-state index is 4.62. The highest BCUT2D eigenvalue weighted by Crippen LogP contribution is 2.34. The quantitative estimate of drug-likeness (QED) is 0.837. The molecule has 1 aromatic heterocycles. The summed E-state index contributed by atoms with van der Waals surface area (Å²) >= 11 is 0. The first-order chi connectivity index (χ1) is 10.1. The van der Waals surface area contributed by atoms with Gasteiger partial charge in [-0.3, -0.25) is 4.90 Å². The van der Waals surface area contributed by atoms with E-state index in [1.54, 1.807) is 0 Å². The van der Waals surface area contributed by atoms with Gasteiger partial charge >= 0.3 is 0 Å². The average molecular weight is 289 g/mol. The summed E-state index contributed by atoms with van der Waals surface area (Å²) < 4.78 is 0. The minimum absolute atomic E-state index is 0.473. The molecule has 2 heterocycles. The van der Waals surface area contributed by atoms with E-state index >= 15 is 0 Å². The Morgan fingerprint density at radius 2 is 2.14 bits per heavy atom. The molecule has 1 fully saturated rings. The summed E-state index contributed by atoms with van der Waals surface area (Å²) in [5.74, 6) is 1.81. The molecule has 0 spiro atoms. The highest BCUT2D eigenvalue weighted by Gasteiger charge is 2.26. The van der Waals surface area contributed by atoms with Crippen molar-refractivity contribution in [2.45, 2.75) is 65.5 Å². The van der Waals surface area contributed by atoms with Crippen LogP contribution in [0.2, 0.25) is 0 Å². The minimum atomic E-state index is 0.473. The Morgan fingerprint density at radius 3 is 2.86 bits per heavy atom. The molecule has 2 unspecified atom stereocenters. The van der Waals surface area contributed by atoms with Crippen molar-refractivity contribution in [3.05, 3.63) is 23.9 Å². The first-order valence-corrected chi connectivity index (χ1v) is 8.57. The van der Waals surface area contributed by atoms with Gasteiger partial charge in [-0.25, -0.2) is 4.98 Å². The molecular weight excluding hydrogens is 258 g/mol. The zero-order chi connectivity index (χ0) is 15.2. The largest absolute Gasteiger partial charge is 0.367 e. The molecule has 0 amide bonds. The van der Waals surface area contributed by atoms with Crippen LogP contribution in [-0.4, -0.2) is 29.0 Å². The fraction of sp³-hybridized carbons (Fsp3) is 0.722. The number of nitrogens with zero attached hydrogens (tertiary/aromatic N) is 2. The van der Waals surface area contributed by atoms with E-state index < -0.39 is 0 Å². The molecule has 2 rings (SSSR count). The topological polar surface area (TPSA) is 28.2 Å². The molecule has 1 aromatic rings. The molecule has 1 N–H and O–H groups in total. The Labute approximate surface area is 130 Å². The molecule has 0 aromatic carbocycles. The van der Waals surface area contributed by atoms with E-state index in [2.05, 4.69) is 55.0 Å². The van der Waals surface area contributed by atoms with Crippen LogP contribution < -0.4 is 5.32 Å². The second-order valence-corrected chi connectivity index (χ2v) is 6.80. The lowest BCUT2D eigenvalue weighted by Gasteiger charge is -2.37. The van der Waals surface area contributed by atoms with Gasteiger partial charge in [0.25, 0.3) is 0 Å². The fourth-order valence-corrected chi connectivity index (χ4v) is 3.17. The number of hydrogen-bond donors (Lipinski definition) is 1. The normalized spacial score (nSPS) is 21.5. The van der Waals surface area contributed by atoms with Gasteiger partial charge in [0.2, 0.25) is 0 Å². The van der Waals surface area contributed by atoms with Gasteiger partial charge in [-0.1, -0.05) is 33.3 Å². The number of anilines is 1. The van der Waals surface area contributed by atoms with Crippen molar-refractivity contribution in [3.63, 3.8) is 0 Å². The van der Waals surface area contributed by atoms with Gasteiger partial charge in [0.1, 0.15) is 5.82 Å². The summed E-state index contributed by atoms with van der Waals surface area (Å²) in [6.07, 6.45) is 6.95. The van der Waals surface area contributed by atoms with Gasteiger partial charge in [0.05, 0.1) is 0 Å². The van der Waals surface area contributed by atoms with E-state index in [-0.39, 0.29) is 0 Å². The lowest BCUT2D eigenvalue weighted by Crippen LogP contribution is -2.36. The average Bonchev–Trinajstić information content (AvgIpc) is 2.48. The summed E-state index contributed by atoms with van der Waals surface area (Å²) in [4.78, 5) is 7.28. The van der Waals surface area contributed by atoms with Crippen molar-refractivity contribution in [2.75, 3.05) is 18.4 Å². The van der Waals surface area contributed by atoms with Crippen molar-refractivity contribution in [2.24, 2.45) is 5.92 Å². The van der Waals surface area contributed by atoms with Gasteiger partial charge in [-0.2, -0.15) is 0 Å². The maximum absolute atomic E-state index is 4.62. The van der Waals surface area contributed by atoms with Crippen LogP contribution >= 0.6 is 0 Å². The Hall–Kier alpha value is -1.09. The predicted molar refractivity (Wildman–Crippen MR) is 90.6 cm³/mol. The van der Waals surface area contributed by atoms with Crippen LogP contribution in [-0.2, 0) is 0 Å². The van der Waals surface area contributed by atoms with E-state index in [0.717, 1.165) is 12.2 Å². The predicted octanol–water partition coefficient (Wildman–Crippen LogP) is 4.48. The molecular formula is C18H31N3. The number of hydrogen-bond acceptors (Lipinski definition) is 3. The van der Waals surface area contributed by atoms with E-state index in [1.807, 2.05) is 6.20 Å². The second kappa shape index (κ2) is 7.79. The fourth-order valence-electron chi connectivity index (χ4n) is 3.17. The van der Waals surface area contributed by atoms with Crippen LogP contribution in [0.5, 0.6) is 0 Å². The third-order valence-electron chi connectivity index (χ3n) is 4.41. The van der Waals surface area contributed by atoms with Gasteiger partial charge in [-0.15, -0.1) is 0 Å². The number of nitrogens with one attached hydrogen (secondary N) is 1. The zero-order valence-corrected chi connectivity index (χ0v) is 14.1. The van der Waals surface area contributed by atoms with Gasteiger partial charge in [0, 0.05) is 30.4 Å². The van der Waals surface area contributed by atoms with E-state index in [9.17, 15) is 0 Å². The Balaban J connectivity index is 2.21. The van der Waals surface area contributed by atoms with E-state index in [1.165, 1.54) is 37.9 Å². The third kappa shape index (κ3) is 4.44. The summed E-state index contributed by atoms with van der Waals surface area (Å²) in [7, 11) is 0. The van der Waals surface area contributed by atoms with E-state index in [4.69, 9.17) is 0 Å². The summed E-state index contributed by atoms with van der Waals surface area (Å²) in [5.41, 5.74) is 1.39. The monoisotopic (exact) mass is 289 g/mol. The summed E-state index contributed by atoms with van der Waals surface area (Å²) in [6.45, 7) is 11.5. The summed E-state index contributed by atoms with van der Waals surface area (Å²) in [6, 6.07) is 5.35. The Bertz CT molecular complexity index is 430. The maximum Gasteiger partial charge on any atom is 0.130 e. The SMILES string of the molecule is CCC(C)Nc1ncccc1C1CCCCN1CC(C)C. The Kier molecular flexibility index (Phi) is 6.04. The van der Waals surface area contributed by atoms with Crippen LogP contribution in [0.4, 0.5) is 5.82 Å².